The van der Waals surface area contributed by atoms with Crippen molar-refractivity contribution in [3.05, 3.63) is 149 Å². The smallest absolute Gasteiger partial charge is 0.264 e. The van der Waals surface area contributed by atoms with Crippen molar-refractivity contribution in [2.45, 2.75) is 137 Å². The van der Waals surface area contributed by atoms with Crippen molar-refractivity contribution in [3.8, 4) is 11.1 Å². The summed E-state index contributed by atoms with van der Waals surface area (Å²) >= 11 is 2.02. The Bertz CT molecular complexity index is 2980. The normalized spacial score (nSPS) is 16.4. The summed E-state index contributed by atoms with van der Waals surface area (Å²) in [5.74, 6) is 0. The molecule has 0 saturated carbocycles. The quantitative estimate of drug-likeness (QED) is 0.164. The second-order valence-corrected chi connectivity index (χ2v) is 24.5. The lowest BCUT2D eigenvalue weighted by atomic mass is 9.36. The molecule has 0 N–H and O–H groups in total. The number of benzene rings is 6. The number of anilines is 6. The van der Waals surface area contributed by atoms with E-state index in [0.717, 1.165) is 0 Å². The van der Waals surface area contributed by atoms with Gasteiger partial charge in [-0.3, -0.25) is 0 Å². The Morgan fingerprint density at radius 3 is 1.76 bits per heavy atom. The van der Waals surface area contributed by atoms with Gasteiger partial charge in [0.1, 0.15) is 0 Å². The van der Waals surface area contributed by atoms with E-state index in [1.165, 1.54) is 117 Å². The van der Waals surface area contributed by atoms with Gasteiger partial charge in [-0.15, -0.1) is 11.3 Å². The Morgan fingerprint density at radius 2 is 1.11 bits per heavy atom. The lowest BCUT2D eigenvalue weighted by Crippen LogP contribution is -2.60. The highest BCUT2D eigenvalue weighted by molar-refractivity contribution is 7.33. The van der Waals surface area contributed by atoms with Crippen LogP contribution >= 0.6 is 11.3 Å². The van der Waals surface area contributed by atoms with Gasteiger partial charge in [0.2, 0.25) is 0 Å². The number of nitrogens with zero attached hydrogens (tertiary/aromatic N) is 2. The van der Waals surface area contributed by atoms with Crippen LogP contribution in [-0.2, 0) is 27.1 Å². The fraction of sp³-hybridized carbons (Fsp3) is 0.356. The number of hydrogen-bond donors (Lipinski definition) is 0. The zero-order valence-electron chi connectivity index (χ0n) is 40.3. The summed E-state index contributed by atoms with van der Waals surface area (Å²) < 4.78 is 2.80. The molecule has 3 heterocycles. The summed E-state index contributed by atoms with van der Waals surface area (Å²) in [7, 11) is 0. The van der Waals surface area contributed by atoms with Crippen molar-refractivity contribution in [1.29, 1.82) is 0 Å². The van der Waals surface area contributed by atoms with Crippen LogP contribution in [0.4, 0.5) is 34.1 Å². The minimum absolute atomic E-state index is 0.000655. The Kier molecular flexibility index (Phi) is 9.30. The van der Waals surface area contributed by atoms with Gasteiger partial charge in [-0.2, -0.15) is 0 Å². The van der Waals surface area contributed by atoms with Gasteiger partial charge in [-0.05, 0) is 145 Å². The van der Waals surface area contributed by atoms with E-state index in [1.807, 2.05) is 11.3 Å². The summed E-state index contributed by atoms with van der Waals surface area (Å²) in [4.78, 5) is 5.31. The molecule has 0 spiro atoms. The second-order valence-electron chi connectivity index (χ2n) is 23.5. The predicted molar refractivity (Wildman–Crippen MR) is 277 cm³/mol. The van der Waals surface area contributed by atoms with Gasteiger partial charge in [-0.25, -0.2) is 0 Å². The molecule has 1 aromatic heterocycles. The van der Waals surface area contributed by atoms with Crippen LogP contribution in [-0.4, -0.2) is 6.71 Å². The highest BCUT2D eigenvalue weighted by Crippen LogP contribution is 2.53. The van der Waals surface area contributed by atoms with Crippen molar-refractivity contribution >= 4 is 78.0 Å². The molecule has 6 aromatic carbocycles. The van der Waals surface area contributed by atoms with Crippen LogP contribution in [0, 0.1) is 6.92 Å². The number of fused-ring (bicyclic) bond motifs is 7. The largest absolute Gasteiger partial charge is 0.311 e. The maximum absolute atomic E-state index is 2.68. The molecule has 0 atom stereocenters. The van der Waals surface area contributed by atoms with Crippen molar-refractivity contribution < 1.29 is 0 Å². The Balaban J connectivity index is 1.33. The van der Waals surface area contributed by atoms with Crippen molar-refractivity contribution in [3.63, 3.8) is 0 Å². The molecule has 4 heteroatoms. The van der Waals surface area contributed by atoms with E-state index in [-0.39, 0.29) is 33.8 Å². The van der Waals surface area contributed by atoms with Crippen molar-refractivity contribution in [2.24, 2.45) is 0 Å². The second kappa shape index (κ2) is 14.0. The summed E-state index contributed by atoms with van der Waals surface area (Å²) in [5, 5.41) is 1.34. The maximum Gasteiger partial charge on any atom is 0.264 e. The molecule has 7 aromatic rings. The van der Waals surface area contributed by atoms with E-state index in [1.54, 1.807) is 0 Å². The molecular formula is C59H65BN2S. The first-order valence-electron chi connectivity index (χ1n) is 23.3. The van der Waals surface area contributed by atoms with E-state index >= 15 is 0 Å². The Hall–Kier alpha value is -5.06. The molecule has 320 valence electrons. The average Bonchev–Trinajstić information content (AvgIpc) is 3.60. The third kappa shape index (κ3) is 6.72. The molecule has 63 heavy (non-hydrogen) atoms. The van der Waals surface area contributed by atoms with E-state index in [2.05, 4.69) is 222 Å². The molecule has 10 rings (SSSR count). The molecule has 0 radical (unpaired) electrons. The highest BCUT2D eigenvalue weighted by atomic mass is 32.1. The van der Waals surface area contributed by atoms with Crippen LogP contribution < -0.4 is 25.5 Å². The summed E-state index contributed by atoms with van der Waals surface area (Å²) in [5.41, 5.74) is 21.5. The van der Waals surface area contributed by atoms with Crippen LogP contribution in [0.5, 0.6) is 0 Å². The van der Waals surface area contributed by atoms with Gasteiger partial charge in [-0.1, -0.05) is 157 Å². The van der Waals surface area contributed by atoms with Gasteiger partial charge in [0.25, 0.3) is 6.71 Å². The SMILES string of the molecule is Cc1cc2c3c(c1)N(c1ccc4c(c1)C(C)(C)CCC4(C)C)c1c(sc4cc(C(C)(C)C)ccc14)B3c1cc(C(C)(C)C)ccc1N2c1ccc(C(C)(C)C)cc1-c1ccccc1. The van der Waals surface area contributed by atoms with Crippen LogP contribution in [0.1, 0.15) is 136 Å². The third-order valence-electron chi connectivity index (χ3n) is 14.8. The van der Waals surface area contributed by atoms with E-state index in [0.29, 0.717) is 0 Å². The topological polar surface area (TPSA) is 6.48 Å². The molecular weight excluding hydrogens is 780 g/mol. The first kappa shape index (κ1) is 41.9. The Labute approximate surface area is 382 Å². The standard InChI is InChI=1S/C59H65BN2S/c1-36-30-49-52-50(31-36)62(47-26-21-38(55(2,3)4)32-43(47)37-18-16-15-17-19-37)48-27-22-39(56(5,6)7)33-46(48)60(52)54-53(42-24-20-40(57(8,9)10)34-51(42)63-54)61(49)41-23-25-44-45(35-41)59(13,14)29-28-58(44,11)12/h15-27,30-35H,28-29H2,1-14H3. The number of thiophene rings is 1. The predicted octanol–water partition coefficient (Wildman–Crippen LogP) is 15.2. The highest BCUT2D eigenvalue weighted by Gasteiger charge is 2.47. The van der Waals surface area contributed by atoms with Gasteiger partial charge >= 0.3 is 0 Å². The molecule has 0 fully saturated rings. The first-order chi connectivity index (χ1) is 29.5. The summed E-state index contributed by atoms with van der Waals surface area (Å²) in [6.07, 6.45) is 2.38. The van der Waals surface area contributed by atoms with Crippen LogP contribution in [0.2, 0.25) is 0 Å². The fourth-order valence-electron chi connectivity index (χ4n) is 10.8. The lowest BCUT2D eigenvalue weighted by Gasteiger charge is -2.45. The molecule has 2 nitrogen and oxygen atoms in total. The lowest BCUT2D eigenvalue weighted by molar-refractivity contribution is 0.332. The zero-order chi connectivity index (χ0) is 44.8. The molecule has 2 aliphatic heterocycles. The number of rotatable bonds is 3. The fourth-order valence-corrected chi connectivity index (χ4v) is 12.2. The van der Waals surface area contributed by atoms with Crippen LogP contribution in [0.25, 0.3) is 21.2 Å². The Morgan fingerprint density at radius 1 is 0.540 bits per heavy atom. The van der Waals surface area contributed by atoms with E-state index < -0.39 is 0 Å². The van der Waals surface area contributed by atoms with Gasteiger partial charge in [0.15, 0.2) is 0 Å². The van der Waals surface area contributed by atoms with Gasteiger partial charge in [0.05, 0.1) is 11.4 Å². The van der Waals surface area contributed by atoms with E-state index in [9.17, 15) is 0 Å². The minimum atomic E-state index is -0.0190. The molecule has 0 unspecified atom stereocenters. The molecule has 0 amide bonds. The van der Waals surface area contributed by atoms with E-state index in [4.69, 9.17) is 0 Å². The molecule has 0 bridgehead atoms. The first-order valence-corrected chi connectivity index (χ1v) is 24.2. The summed E-state index contributed by atoms with van der Waals surface area (Å²) in [6.45, 7) is 33.2. The molecule has 1 aliphatic carbocycles. The van der Waals surface area contributed by atoms with Crippen LogP contribution in [0.15, 0.2) is 115 Å². The van der Waals surface area contributed by atoms with Crippen LogP contribution in [0.3, 0.4) is 0 Å². The molecule has 0 saturated heterocycles. The number of aryl methyl sites for hydroxylation is 1. The summed E-state index contributed by atoms with van der Waals surface area (Å²) in [6, 6.07) is 45.5. The van der Waals surface area contributed by atoms with Crippen molar-refractivity contribution in [2.75, 3.05) is 9.80 Å². The van der Waals surface area contributed by atoms with Crippen molar-refractivity contribution in [1.82, 2.24) is 0 Å². The minimum Gasteiger partial charge on any atom is -0.311 e. The maximum atomic E-state index is 2.68. The zero-order valence-corrected chi connectivity index (χ0v) is 41.1. The average molecular weight is 845 g/mol. The monoisotopic (exact) mass is 844 g/mol. The molecule has 3 aliphatic rings. The van der Waals surface area contributed by atoms with Gasteiger partial charge in [0, 0.05) is 43.2 Å². The third-order valence-corrected chi connectivity index (χ3v) is 16.0. The van der Waals surface area contributed by atoms with Gasteiger partial charge < -0.3 is 9.80 Å². The number of hydrogen-bond acceptors (Lipinski definition) is 3.